The molecular formula is C33H32N2O4. The largest absolute Gasteiger partial charge is 0.473 e. The van der Waals surface area contributed by atoms with Crippen molar-refractivity contribution in [3.8, 4) is 22.9 Å². The maximum absolute atomic E-state index is 6.25. The van der Waals surface area contributed by atoms with Crippen LogP contribution < -0.4 is 14.4 Å². The first-order valence-corrected chi connectivity index (χ1v) is 13.5. The number of anilines is 1. The number of hydrogen-bond acceptors (Lipinski definition) is 6. The standard InChI is InChI=1S/C33H32N2O4/c1-3-7-25(8-4-1)23-38-31-16-15-30(32(34-31)39-24-26-9-5-2-6-10-26)27-11-13-29(14-12-27)35-19-17-28(18-20-35)33-36-21-22-37-33/h1-16,21-22,28,33H,17-20,23-24H2. The molecule has 0 spiro atoms. The van der Waals surface area contributed by atoms with Gasteiger partial charge in [-0.3, -0.25) is 0 Å². The quantitative estimate of drug-likeness (QED) is 0.238. The number of piperidine rings is 1. The topological polar surface area (TPSA) is 53.1 Å². The second kappa shape index (κ2) is 11.9. The molecule has 2 aliphatic rings. The zero-order valence-electron chi connectivity index (χ0n) is 21.8. The molecule has 198 valence electrons. The van der Waals surface area contributed by atoms with E-state index in [0.717, 1.165) is 48.2 Å². The van der Waals surface area contributed by atoms with E-state index in [9.17, 15) is 0 Å². The molecule has 6 nitrogen and oxygen atoms in total. The monoisotopic (exact) mass is 520 g/mol. The molecule has 0 radical (unpaired) electrons. The van der Waals surface area contributed by atoms with Crippen molar-refractivity contribution in [3.63, 3.8) is 0 Å². The minimum absolute atomic E-state index is 0.129. The molecule has 3 aromatic carbocycles. The van der Waals surface area contributed by atoms with Crippen molar-refractivity contribution in [2.24, 2.45) is 5.92 Å². The first-order chi connectivity index (χ1) is 19.3. The lowest BCUT2D eigenvalue weighted by Crippen LogP contribution is -2.38. The highest BCUT2D eigenvalue weighted by Crippen LogP contribution is 2.34. The summed E-state index contributed by atoms with van der Waals surface area (Å²) in [7, 11) is 0. The molecule has 2 aliphatic heterocycles. The Bertz CT molecular complexity index is 1360. The molecule has 0 saturated carbocycles. The van der Waals surface area contributed by atoms with Crippen LogP contribution in [0.2, 0.25) is 0 Å². The Morgan fingerprint density at radius 1 is 0.692 bits per heavy atom. The Morgan fingerprint density at radius 3 is 1.95 bits per heavy atom. The van der Waals surface area contributed by atoms with Gasteiger partial charge >= 0.3 is 0 Å². The first-order valence-electron chi connectivity index (χ1n) is 13.5. The van der Waals surface area contributed by atoms with Crippen LogP contribution in [0.3, 0.4) is 0 Å². The number of pyridine rings is 1. The number of nitrogens with zero attached hydrogens (tertiary/aromatic N) is 2. The van der Waals surface area contributed by atoms with Crippen molar-refractivity contribution < 1.29 is 18.9 Å². The molecule has 0 atom stereocenters. The Morgan fingerprint density at radius 2 is 1.31 bits per heavy atom. The lowest BCUT2D eigenvalue weighted by molar-refractivity contribution is -0.0728. The number of aromatic nitrogens is 1. The Labute approximate surface area is 229 Å². The third kappa shape index (κ3) is 6.17. The van der Waals surface area contributed by atoms with Gasteiger partial charge in [0.05, 0.1) is 0 Å². The summed E-state index contributed by atoms with van der Waals surface area (Å²) in [4.78, 5) is 7.18. The molecule has 1 aromatic heterocycles. The lowest BCUT2D eigenvalue weighted by Gasteiger charge is -2.35. The van der Waals surface area contributed by atoms with Crippen molar-refractivity contribution >= 4 is 5.69 Å². The van der Waals surface area contributed by atoms with Crippen LogP contribution in [-0.4, -0.2) is 24.4 Å². The highest BCUT2D eigenvalue weighted by molar-refractivity contribution is 5.71. The van der Waals surface area contributed by atoms with E-state index >= 15 is 0 Å². The van der Waals surface area contributed by atoms with Crippen molar-refractivity contribution in [1.29, 1.82) is 0 Å². The molecule has 3 heterocycles. The van der Waals surface area contributed by atoms with Gasteiger partial charge in [-0.1, -0.05) is 72.8 Å². The predicted octanol–water partition coefficient (Wildman–Crippen LogP) is 6.97. The zero-order valence-corrected chi connectivity index (χ0v) is 21.8. The van der Waals surface area contributed by atoms with Crippen molar-refractivity contribution in [2.45, 2.75) is 32.3 Å². The maximum Gasteiger partial charge on any atom is 0.242 e. The van der Waals surface area contributed by atoms with Crippen LogP contribution in [0.1, 0.15) is 24.0 Å². The molecule has 6 heteroatoms. The number of rotatable bonds is 9. The van der Waals surface area contributed by atoms with Crippen LogP contribution in [0, 0.1) is 5.92 Å². The fourth-order valence-electron chi connectivity index (χ4n) is 5.05. The summed E-state index contributed by atoms with van der Waals surface area (Å²) in [6.07, 6.45) is 5.24. The Kier molecular flexibility index (Phi) is 7.62. The molecule has 0 amide bonds. The summed E-state index contributed by atoms with van der Waals surface area (Å²) in [6, 6.07) is 32.8. The van der Waals surface area contributed by atoms with Gasteiger partial charge in [-0.25, -0.2) is 0 Å². The van der Waals surface area contributed by atoms with Crippen LogP contribution >= 0.6 is 0 Å². The molecule has 1 saturated heterocycles. The third-order valence-corrected chi connectivity index (χ3v) is 7.23. The molecule has 39 heavy (non-hydrogen) atoms. The first kappa shape index (κ1) is 24.9. The predicted molar refractivity (Wildman–Crippen MR) is 151 cm³/mol. The molecule has 1 fully saturated rings. The van der Waals surface area contributed by atoms with E-state index in [1.807, 2.05) is 60.7 Å². The number of hydrogen-bond donors (Lipinski definition) is 0. The Balaban J connectivity index is 1.17. The highest BCUT2D eigenvalue weighted by Gasteiger charge is 2.30. The van der Waals surface area contributed by atoms with E-state index in [-0.39, 0.29) is 6.29 Å². The van der Waals surface area contributed by atoms with E-state index in [0.29, 0.717) is 30.9 Å². The average Bonchev–Trinajstić information content (AvgIpc) is 3.56. The number of benzene rings is 3. The summed E-state index contributed by atoms with van der Waals surface area (Å²) in [5.41, 5.74) is 5.38. The van der Waals surface area contributed by atoms with Gasteiger partial charge in [0.2, 0.25) is 18.1 Å². The molecule has 0 N–H and O–H groups in total. The van der Waals surface area contributed by atoms with E-state index in [1.54, 1.807) is 12.5 Å². The van der Waals surface area contributed by atoms with Gasteiger partial charge in [0.1, 0.15) is 25.7 Å². The second-order valence-electron chi connectivity index (χ2n) is 9.83. The van der Waals surface area contributed by atoms with Crippen molar-refractivity contribution in [3.05, 3.63) is 121 Å². The average molecular weight is 521 g/mol. The van der Waals surface area contributed by atoms with Crippen LogP contribution in [-0.2, 0) is 22.7 Å². The van der Waals surface area contributed by atoms with E-state index in [4.69, 9.17) is 23.9 Å². The minimum Gasteiger partial charge on any atom is -0.473 e. The maximum atomic E-state index is 6.25. The Hall–Kier alpha value is -4.45. The summed E-state index contributed by atoms with van der Waals surface area (Å²) < 4.78 is 23.4. The van der Waals surface area contributed by atoms with Gasteiger partial charge in [-0.15, -0.1) is 0 Å². The fourth-order valence-corrected chi connectivity index (χ4v) is 5.05. The molecule has 4 aromatic rings. The SMILES string of the molecule is C1=COC(C2CCN(c3ccc(-c4ccc(OCc5ccccc5)nc4OCc4ccccc4)cc3)CC2)O1. The fraction of sp³-hybridized carbons (Fsp3) is 0.242. The summed E-state index contributed by atoms with van der Waals surface area (Å²) in [5, 5.41) is 0. The summed E-state index contributed by atoms with van der Waals surface area (Å²) in [5.74, 6) is 1.52. The van der Waals surface area contributed by atoms with Crippen molar-refractivity contribution in [2.75, 3.05) is 18.0 Å². The van der Waals surface area contributed by atoms with Gasteiger partial charge in [0, 0.05) is 36.3 Å². The van der Waals surface area contributed by atoms with Crippen LogP contribution in [0.15, 0.2) is 110 Å². The molecule has 0 unspecified atom stereocenters. The molecule has 6 rings (SSSR count). The van der Waals surface area contributed by atoms with Crippen LogP contribution in [0.4, 0.5) is 5.69 Å². The second-order valence-corrected chi connectivity index (χ2v) is 9.83. The van der Waals surface area contributed by atoms with Gasteiger partial charge in [0.25, 0.3) is 0 Å². The highest BCUT2D eigenvalue weighted by atomic mass is 16.7. The van der Waals surface area contributed by atoms with E-state index < -0.39 is 0 Å². The van der Waals surface area contributed by atoms with E-state index in [2.05, 4.69) is 41.3 Å². The van der Waals surface area contributed by atoms with Gasteiger partial charge < -0.3 is 23.8 Å². The molecular weight excluding hydrogens is 488 g/mol. The number of ether oxygens (including phenoxy) is 4. The third-order valence-electron chi connectivity index (χ3n) is 7.23. The van der Waals surface area contributed by atoms with Crippen LogP contribution in [0.5, 0.6) is 11.8 Å². The normalized spacial score (nSPS) is 15.5. The molecule has 0 aliphatic carbocycles. The van der Waals surface area contributed by atoms with Gasteiger partial charge in [-0.2, -0.15) is 4.98 Å². The zero-order chi connectivity index (χ0) is 26.3. The van der Waals surface area contributed by atoms with E-state index in [1.165, 1.54) is 5.69 Å². The summed E-state index contributed by atoms with van der Waals surface area (Å²) in [6.45, 7) is 2.84. The lowest BCUT2D eigenvalue weighted by atomic mass is 9.95. The smallest absolute Gasteiger partial charge is 0.242 e. The minimum atomic E-state index is -0.129. The molecule has 0 bridgehead atoms. The van der Waals surface area contributed by atoms with Gasteiger partial charge in [0.15, 0.2) is 0 Å². The summed E-state index contributed by atoms with van der Waals surface area (Å²) >= 11 is 0. The van der Waals surface area contributed by atoms with Crippen LogP contribution in [0.25, 0.3) is 11.1 Å². The van der Waals surface area contributed by atoms with Gasteiger partial charge in [-0.05, 0) is 47.7 Å². The van der Waals surface area contributed by atoms with Crippen molar-refractivity contribution in [1.82, 2.24) is 4.98 Å².